The first-order valence-electron chi connectivity index (χ1n) is 10.7. The lowest BCUT2D eigenvalue weighted by molar-refractivity contribution is 0.423. The summed E-state index contributed by atoms with van der Waals surface area (Å²) in [6, 6.07) is 15.2. The van der Waals surface area contributed by atoms with E-state index < -0.39 is 0 Å². The van der Waals surface area contributed by atoms with Gasteiger partial charge in [0.2, 0.25) is 0 Å². The third-order valence-corrected chi connectivity index (χ3v) is 6.12. The molecule has 2 heterocycles. The highest BCUT2D eigenvalue weighted by Gasteiger charge is 2.15. The fourth-order valence-corrected chi connectivity index (χ4v) is 4.22. The summed E-state index contributed by atoms with van der Waals surface area (Å²) in [6.07, 6.45) is 4.33. The quantitative estimate of drug-likeness (QED) is 0.353. The van der Waals surface area contributed by atoms with Gasteiger partial charge in [-0.15, -0.1) is 0 Å². The summed E-state index contributed by atoms with van der Waals surface area (Å²) in [6.45, 7) is 7.54. The van der Waals surface area contributed by atoms with Gasteiger partial charge >= 0.3 is 0 Å². The zero-order valence-electron chi connectivity index (χ0n) is 18.6. The number of hydrogen-bond donors (Lipinski definition) is 2. The highest BCUT2D eigenvalue weighted by atomic mass is 32.1. The molecule has 164 valence electrons. The van der Waals surface area contributed by atoms with E-state index in [-0.39, 0.29) is 5.82 Å². The molecule has 0 spiro atoms. The highest BCUT2D eigenvalue weighted by molar-refractivity contribution is 7.80. The monoisotopic (exact) mass is 446 g/mol. The minimum Gasteiger partial charge on any atom is -0.358 e. The standard InChI is InChI=1S/C26H27FN4S/c1-17-4-5-18(2)25(14-17)30-26(32)31(16-20-8-11-28-12-9-20)13-10-22-19(3)29-24-7-6-21(27)15-23(22)24/h4-9,11-12,14-15,29H,10,13,16H2,1-3H3,(H,30,32). The van der Waals surface area contributed by atoms with Crippen LogP contribution in [0.1, 0.15) is 27.9 Å². The van der Waals surface area contributed by atoms with Crippen molar-refractivity contribution >= 4 is 33.9 Å². The van der Waals surface area contributed by atoms with Crippen LogP contribution < -0.4 is 5.32 Å². The summed E-state index contributed by atoms with van der Waals surface area (Å²) in [7, 11) is 0. The van der Waals surface area contributed by atoms with Gasteiger partial charge in [0.15, 0.2) is 5.11 Å². The van der Waals surface area contributed by atoms with Gasteiger partial charge in [-0.3, -0.25) is 4.98 Å². The smallest absolute Gasteiger partial charge is 0.173 e. The summed E-state index contributed by atoms with van der Waals surface area (Å²) in [5, 5.41) is 5.03. The van der Waals surface area contributed by atoms with Crippen molar-refractivity contribution in [3.63, 3.8) is 0 Å². The number of H-pyrrole nitrogens is 1. The van der Waals surface area contributed by atoms with E-state index in [0.717, 1.165) is 45.4 Å². The third-order valence-electron chi connectivity index (χ3n) is 5.76. The van der Waals surface area contributed by atoms with Crippen LogP contribution in [0.2, 0.25) is 0 Å². The number of nitrogens with one attached hydrogen (secondary N) is 2. The van der Waals surface area contributed by atoms with Crippen molar-refractivity contribution in [3.8, 4) is 0 Å². The molecule has 0 amide bonds. The van der Waals surface area contributed by atoms with Crippen molar-refractivity contribution in [2.24, 2.45) is 0 Å². The molecule has 32 heavy (non-hydrogen) atoms. The Labute approximate surface area is 193 Å². The van der Waals surface area contributed by atoms with Gasteiger partial charge in [0, 0.05) is 47.8 Å². The molecule has 0 aliphatic heterocycles. The normalized spacial score (nSPS) is 11.0. The van der Waals surface area contributed by atoms with Crippen LogP contribution in [0.4, 0.5) is 10.1 Å². The average Bonchev–Trinajstić information content (AvgIpc) is 3.08. The van der Waals surface area contributed by atoms with Gasteiger partial charge in [0.1, 0.15) is 5.82 Å². The fraction of sp³-hybridized carbons (Fsp3) is 0.231. The van der Waals surface area contributed by atoms with E-state index in [0.29, 0.717) is 18.2 Å². The molecule has 0 radical (unpaired) electrons. The molecule has 0 saturated heterocycles. The van der Waals surface area contributed by atoms with E-state index in [1.807, 2.05) is 19.1 Å². The Kier molecular flexibility index (Phi) is 6.51. The van der Waals surface area contributed by atoms with Gasteiger partial charge in [0.25, 0.3) is 0 Å². The SMILES string of the molecule is Cc1ccc(C)c(NC(=S)N(CCc2c(C)[nH]c3ccc(F)cc23)Cc2ccncc2)c1. The first kappa shape index (κ1) is 22.0. The Bertz CT molecular complexity index is 1250. The van der Waals surface area contributed by atoms with Crippen molar-refractivity contribution in [1.82, 2.24) is 14.9 Å². The van der Waals surface area contributed by atoms with Gasteiger partial charge in [-0.05, 0) is 98.1 Å². The van der Waals surface area contributed by atoms with E-state index in [1.54, 1.807) is 24.5 Å². The van der Waals surface area contributed by atoms with Gasteiger partial charge in [0.05, 0.1) is 0 Å². The summed E-state index contributed by atoms with van der Waals surface area (Å²) in [5.41, 5.74) is 7.60. The van der Waals surface area contributed by atoms with Crippen LogP contribution in [0.5, 0.6) is 0 Å². The highest BCUT2D eigenvalue weighted by Crippen LogP contribution is 2.24. The molecule has 0 atom stereocenters. The van der Waals surface area contributed by atoms with Crippen molar-refractivity contribution in [2.45, 2.75) is 33.7 Å². The first-order chi connectivity index (χ1) is 15.4. The zero-order chi connectivity index (χ0) is 22.7. The molecule has 0 fully saturated rings. The molecule has 2 aromatic carbocycles. The summed E-state index contributed by atoms with van der Waals surface area (Å²) < 4.78 is 13.9. The van der Waals surface area contributed by atoms with E-state index in [4.69, 9.17) is 12.2 Å². The van der Waals surface area contributed by atoms with E-state index in [2.05, 4.69) is 52.2 Å². The van der Waals surface area contributed by atoms with Crippen LogP contribution in [0.15, 0.2) is 60.9 Å². The van der Waals surface area contributed by atoms with Crippen molar-refractivity contribution in [2.75, 3.05) is 11.9 Å². The number of benzene rings is 2. The number of hydrogen-bond acceptors (Lipinski definition) is 2. The van der Waals surface area contributed by atoms with Crippen LogP contribution in [-0.2, 0) is 13.0 Å². The molecule has 2 N–H and O–H groups in total. The topological polar surface area (TPSA) is 44.0 Å². The van der Waals surface area contributed by atoms with Crippen LogP contribution in [-0.4, -0.2) is 26.5 Å². The second kappa shape index (κ2) is 9.49. The molecule has 2 aromatic heterocycles. The molecule has 0 aliphatic carbocycles. The van der Waals surface area contributed by atoms with Crippen LogP contribution in [0.25, 0.3) is 10.9 Å². The van der Waals surface area contributed by atoms with E-state index in [9.17, 15) is 4.39 Å². The Morgan fingerprint density at radius 2 is 1.84 bits per heavy atom. The molecule has 0 aliphatic rings. The number of aryl methyl sites for hydroxylation is 3. The lowest BCUT2D eigenvalue weighted by Crippen LogP contribution is -2.36. The van der Waals surface area contributed by atoms with Crippen molar-refractivity contribution < 1.29 is 4.39 Å². The number of fused-ring (bicyclic) bond motifs is 1. The van der Waals surface area contributed by atoms with Crippen molar-refractivity contribution in [1.29, 1.82) is 0 Å². The van der Waals surface area contributed by atoms with Gasteiger partial charge in [-0.1, -0.05) is 12.1 Å². The molecule has 4 nitrogen and oxygen atoms in total. The summed E-state index contributed by atoms with van der Waals surface area (Å²) in [4.78, 5) is 9.65. The van der Waals surface area contributed by atoms with Crippen LogP contribution >= 0.6 is 12.2 Å². The minimum absolute atomic E-state index is 0.224. The first-order valence-corrected chi connectivity index (χ1v) is 11.1. The molecule has 0 bridgehead atoms. The number of aromatic nitrogens is 2. The Morgan fingerprint density at radius 3 is 2.62 bits per heavy atom. The third kappa shape index (κ3) is 4.97. The predicted molar refractivity (Wildman–Crippen MR) is 133 cm³/mol. The number of anilines is 1. The molecule has 4 rings (SSSR count). The average molecular weight is 447 g/mol. The number of nitrogens with zero attached hydrogens (tertiary/aromatic N) is 2. The molecule has 4 aromatic rings. The number of thiocarbonyl (C=S) groups is 1. The minimum atomic E-state index is -0.224. The van der Waals surface area contributed by atoms with E-state index >= 15 is 0 Å². The number of aromatic amines is 1. The summed E-state index contributed by atoms with van der Waals surface area (Å²) in [5.74, 6) is -0.224. The lowest BCUT2D eigenvalue weighted by atomic mass is 10.1. The Hall–Kier alpha value is -3.25. The van der Waals surface area contributed by atoms with Crippen LogP contribution in [0.3, 0.4) is 0 Å². The largest absolute Gasteiger partial charge is 0.358 e. The Balaban J connectivity index is 1.58. The molecule has 6 heteroatoms. The molecule has 0 unspecified atom stereocenters. The van der Waals surface area contributed by atoms with Gasteiger partial charge in [-0.25, -0.2) is 4.39 Å². The van der Waals surface area contributed by atoms with Crippen molar-refractivity contribution in [3.05, 3.63) is 94.7 Å². The lowest BCUT2D eigenvalue weighted by Gasteiger charge is -2.27. The van der Waals surface area contributed by atoms with Gasteiger partial charge in [-0.2, -0.15) is 0 Å². The van der Waals surface area contributed by atoms with E-state index in [1.165, 1.54) is 11.6 Å². The number of halogens is 1. The maximum Gasteiger partial charge on any atom is 0.173 e. The predicted octanol–water partition coefficient (Wildman–Crippen LogP) is 6.07. The summed E-state index contributed by atoms with van der Waals surface area (Å²) >= 11 is 5.84. The molecular formula is C26H27FN4S. The number of pyridine rings is 1. The second-order valence-corrected chi connectivity index (χ2v) is 8.58. The molecular weight excluding hydrogens is 419 g/mol. The number of rotatable bonds is 6. The maximum absolute atomic E-state index is 13.9. The maximum atomic E-state index is 13.9. The van der Waals surface area contributed by atoms with Gasteiger partial charge < -0.3 is 15.2 Å². The Morgan fingerprint density at radius 1 is 1.06 bits per heavy atom. The molecule has 0 saturated carbocycles. The fourth-order valence-electron chi connectivity index (χ4n) is 3.95. The van der Waals surface area contributed by atoms with Crippen LogP contribution in [0, 0.1) is 26.6 Å². The zero-order valence-corrected chi connectivity index (χ0v) is 19.4. The second-order valence-electron chi connectivity index (χ2n) is 8.19.